The largest absolute Gasteiger partial charge is 0.390 e. The van der Waals surface area contributed by atoms with Crippen LogP contribution in [0.4, 0.5) is 10.1 Å². The van der Waals surface area contributed by atoms with Crippen LogP contribution in [-0.2, 0) is 5.54 Å². The number of hydrogen-bond acceptors (Lipinski definition) is 4. The van der Waals surface area contributed by atoms with E-state index in [1.54, 1.807) is 18.3 Å². The number of nitrogens with zero attached hydrogens (tertiary/aromatic N) is 2. The molecule has 2 fully saturated rings. The highest BCUT2D eigenvalue weighted by atomic mass is 19.1. The average Bonchev–Trinajstić information content (AvgIpc) is 3.47. The van der Waals surface area contributed by atoms with Crippen LogP contribution in [0.25, 0.3) is 10.9 Å². The molecular formula is C26H28FN3O2. The number of fused-ring (bicyclic) bond motifs is 1. The molecule has 1 amide bonds. The Kier molecular flexibility index (Phi) is 4.75. The van der Waals surface area contributed by atoms with Gasteiger partial charge in [-0.3, -0.25) is 9.78 Å². The molecule has 5 nitrogen and oxygen atoms in total. The van der Waals surface area contributed by atoms with Gasteiger partial charge in [-0.15, -0.1) is 0 Å². The maximum atomic E-state index is 14.2. The third-order valence-electron chi connectivity index (χ3n) is 7.05. The van der Waals surface area contributed by atoms with Gasteiger partial charge in [0.2, 0.25) is 0 Å². The summed E-state index contributed by atoms with van der Waals surface area (Å²) in [5.74, 6) is -0.257. The number of pyridine rings is 1. The summed E-state index contributed by atoms with van der Waals surface area (Å²) in [5.41, 5.74) is 2.60. The van der Waals surface area contributed by atoms with Gasteiger partial charge in [-0.25, -0.2) is 4.39 Å². The first kappa shape index (κ1) is 20.9. The van der Waals surface area contributed by atoms with Gasteiger partial charge in [0.1, 0.15) is 11.3 Å². The average molecular weight is 434 g/mol. The van der Waals surface area contributed by atoms with Crippen LogP contribution in [0.3, 0.4) is 0 Å². The first-order valence-corrected chi connectivity index (χ1v) is 11.1. The van der Waals surface area contributed by atoms with Crippen molar-refractivity contribution in [2.24, 2.45) is 5.92 Å². The first-order chi connectivity index (χ1) is 15.2. The normalized spacial score (nSPS) is 17.8. The monoisotopic (exact) mass is 433 g/mol. The molecule has 1 aromatic heterocycles. The van der Waals surface area contributed by atoms with Gasteiger partial charge in [-0.1, -0.05) is 18.2 Å². The maximum absolute atomic E-state index is 14.2. The molecule has 3 aromatic rings. The van der Waals surface area contributed by atoms with Gasteiger partial charge in [0.15, 0.2) is 0 Å². The molecule has 2 aromatic carbocycles. The Balaban J connectivity index is 1.40. The van der Waals surface area contributed by atoms with Crippen LogP contribution in [0.5, 0.6) is 0 Å². The van der Waals surface area contributed by atoms with E-state index in [4.69, 9.17) is 0 Å². The summed E-state index contributed by atoms with van der Waals surface area (Å²) in [6, 6.07) is 12.8. The van der Waals surface area contributed by atoms with Crippen LogP contribution in [0, 0.1) is 18.7 Å². The molecular weight excluding hydrogens is 405 g/mol. The molecule has 2 heterocycles. The number of benzene rings is 2. The van der Waals surface area contributed by atoms with Gasteiger partial charge in [0.25, 0.3) is 5.91 Å². The summed E-state index contributed by atoms with van der Waals surface area (Å²) >= 11 is 0. The number of aromatic nitrogens is 1. The van der Waals surface area contributed by atoms with Crippen molar-refractivity contribution in [3.63, 3.8) is 0 Å². The molecule has 0 bridgehead atoms. The van der Waals surface area contributed by atoms with E-state index in [0.717, 1.165) is 48.1 Å². The second-order valence-corrected chi connectivity index (χ2v) is 9.79. The van der Waals surface area contributed by atoms with Gasteiger partial charge in [-0.2, -0.15) is 0 Å². The summed E-state index contributed by atoms with van der Waals surface area (Å²) in [6.07, 6.45) is 3.21. The molecule has 166 valence electrons. The highest BCUT2D eigenvalue weighted by Gasteiger charge is 2.47. The third-order valence-corrected chi connectivity index (χ3v) is 7.05. The molecule has 0 radical (unpaired) electrons. The lowest BCUT2D eigenvalue weighted by molar-refractivity contribution is 0.00458. The number of amides is 1. The number of aliphatic hydroxyl groups is 1. The number of carbonyl (C=O) groups is 1. The lowest BCUT2D eigenvalue weighted by Crippen LogP contribution is -2.55. The number of rotatable bonds is 5. The molecule has 2 N–H and O–H groups in total. The Morgan fingerprint density at radius 3 is 2.66 bits per heavy atom. The van der Waals surface area contributed by atoms with Crippen LogP contribution in [0.1, 0.15) is 48.2 Å². The minimum atomic E-state index is -0.702. The van der Waals surface area contributed by atoms with Gasteiger partial charge in [0.05, 0.1) is 11.1 Å². The van der Waals surface area contributed by atoms with Crippen LogP contribution >= 0.6 is 0 Å². The number of carbonyl (C=O) groups excluding carboxylic acids is 1. The maximum Gasteiger partial charge on any atom is 0.252 e. The molecule has 2 aliphatic rings. The van der Waals surface area contributed by atoms with E-state index < -0.39 is 11.1 Å². The highest BCUT2D eigenvalue weighted by Crippen LogP contribution is 2.48. The van der Waals surface area contributed by atoms with Gasteiger partial charge in [0, 0.05) is 41.8 Å². The van der Waals surface area contributed by atoms with Crippen molar-refractivity contribution in [1.82, 2.24) is 10.3 Å². The molecule has 1 saturated heterocycles. The molecule has 0 atom stereocenters. The lowest BCUT2D eigenvalue weighted by Gasteiger charge is -2.46. The zero-order chi connectivity index (χ0) is 22.7. The van der Waals surface area contributed by atoms with Crippen molar-refractivity contribution >= 4 is 22.5 Å². The van der Waals surface area contributed by atoms with E-state index in [-0.39, 0.29) is 17.6 Å². The highest BCUT2D eigenvalue weighted by molar-refractivity contribution is 5.98. The minimum absolute atomic E-state index is 0.122. The van der Waals surface area contributed by atoms with E-state index in [9.17, 15) is 14.3 Å². The molecule has 5 rings (SSSR count). The second-order valence-electron chi connectivity index (χ2n) is 9.79. The summed E-state index contributed by atoms with van der Waals surface area (Å²) in [6.45, 7) is 7.16. The van der Waals surface area contributed by atoms with Crippen molar-refractivity contribution in [2.45, 2.75) is 44.8 Å². The lowest BCUT2D eigenvalue weighted by atomic mass is 9.84. The first-order valence-electron chi connectivity index (χ1n) is 11.1. The summed E-state index contributed by atoms with van der Waals surface area (Å²) in [5, 5.41) is 14.2. The van der Waals surface area contributed by atoms with Crippen molar-refractivity contribution in [3.8, 4) is 0 Å². The molecule has 6 heteroatoms. The Bertz CT molecular complexity index is 1210. The Morgan fingerprint density at radius 2 is 1.97 bits per heavy atom. The topological polar surface area (TPSA) is 65.5 Å². The molecule has 1 aliphatic carbocycles. The van der Waals surface area contributed by atoms with Crippen LogP contribution in [0.15, 0.2) is 48.7 Å². The predicted molar refractivity (Wildman–Crippen MR) is 123 cm³/mol. The van der Waals surface area contributed by atoms with Crippen molar-refractivity contribution in [2.75, 3.05) is 18.0 Å². The van der Waals surface area contributed by atoms with Crippen LogP contribution in [0.2, 0.25) is 0 Å². The van der Waals surface area contributed by atoms with Crippen molar-refractivity contribution in [3.05, 3.63) is 71.2 Å². The number of halogens is 1. The van der Waals surface area contributed by atoms with E-state index in [1.807, 2.05) is 45.0 Å². The Morgan fingerprint density at radius 1 is 1.22 bits per heavy atom. The van der Waals surface area contributed by atoms with E-state index >= 15 is 0 Å². The van der Waals surface area contributed by atoms with Crippen LogP contribution < -0.4 is 10.2 Å². The van der Waals surface area contributed by atoms with E-state index in [2.05, 4.69) is 15.2 Å². The summed E-state index contributed by atoms with van der Waals surface area (Å²) < 4.78 is 14.2. The molecule has 0 unspecified atom stereocenters. The Hall–Kier alpha value is -2.99. The quantitative estimate of drug-likeness (QED) is 0.629. The SMILES string of the molecule is Cc1ccc(N2CC(C(C)(C)O)C2)cc1C(=O)NC1(c2ccc(F)c3ncccc23)CC1. The smallest absolute Gasteiger partial charge is 0.252 e. The molecule has 0 spiro atoms. The van der Waals surface area contributed by atoms with Gasteiger partial charge in [-0.05, 0) is 69.0 Å². The molecule has 32 heavy (non-hydrogen) atoms. The molecule has 1 saturated carbocycles. The summed E-state index contributed by atoms with van der Waals surface area (Å²) in [4.78, 5) is 19.7. The number of anilines is 1. The number of aryl methyl sites for hydroxylation is 1. The summed E-state index contributed by atoms with van der Waals surface area (Å²) in [7, 11) is 0. The van der Waals surface area contributed by atoms with E-state index in [0.29, 0.717) is 11.1 Å². The number of nitrogens with one attached hydrogen (secondary N) is 1. The minimum Gasteiger partial charge on any atom is -0.390 e. The van der Waals surface area contributed by atoms with Gasteiger partial charge >= 0.3 is 0 Å². The fourth-order valence-corrected chi connectivity index (χ4v) is 4.61. The van der Waals surface area contributed by atoms with E-state index in [1.165, 1.54) is 6.07 Å². The van der Waals surface area contributed by atoms with Crippen LogP contribution in [-0.4, -0.2) is 34.7 Å². The third kappa shape index (κ3) is 3.52. The Labute approximate surface area is 187 Å². The zero-order valence-electron chi connectivity index (χ0n) is 18.7. The standard InChI is InChI=1S/C26H28FN3O2/c1-16-6-7-18(30-14-17(15-30)25(2,3)32)13-20(16)24(31)29-26(10-11-26)21-8-9-22(27)23-19(21)5-4-12-28-23/h4-9,12-13,17,32H,10-11,14-15H2,1-3H3,(H,29,31). The second kappa shape index (κ2) is 7.27. The van der Waals surface area contributed by atoms with Crippen molar-refractivity contribution < 1.29 is 14.3 Å². The number of hydrogen-bond donors (Lipinski definition) is 2. The van der Waals surface area contributed by atoms with Crippen molar-refractivity contribution in [1.29, 1.82) is 0 Å². The van der Waals surface area contributed by atoms with Gasteiger partial charge < -0.3 is 15.3 Å². The fraction of sp³-hybridized carbons (Fsp3) is 0.385. The fourth-order valence-electron chi connectivity index (χ4n) is 4.61. The predicted octanol–water partition coefficient (Wildman–Crippen LogP) is 4.31. The molecule has 1 aliphatic heterocycles. The zero-order valence-corrected chi connectivity index (χ0v) is 18.7.